The van der Waals surface area contributed by atoms with Gasteiger partial charge < -0.3 is 14.9 Å². The minimum atomic E-state index is -0.467. The zero-order valence-electron chi connectivity index (χ0n) is 14.6. The Morgan fingerprint density at radius 3 is 2.79 bits per heavy atom. The molecular weight excluding hydrogens is 304 g/mol. The van der Waals surface area contributed by atoms with Gasteiger partial charge in [0.05, 0.1) is 12.7 Å². The third kappa shape index (κ3) is 2.66. The van der Waals surface area contributed by atoms with Gasteiger partial charge in [0.15, 0.2) is 0 Å². The fourth-order valence-corrected chi connectivity index (χ4v) is 5.20. The Bertz CT molecular complexity index is 605. The van der Waals surface area contributed by atoms with E-state index in [2.05, 4.69) is 19.6 Å². The summed E-state index contributed by atoms with van der Waals surface area (Å²) in [5, 5.41) is 20.5. The molecule has 0 saturated heterocycles. The van der Waals surface area contributed by atoms with Gasteiger partial charge in [-0.3, -0.25) is 0 Å². The van der Waals surface area contributed by atoms with E-state index in [1.807, 2.05) is 13.0 Å². The van der Waals surface area contributed by atoms with E-state index >= 15 is 0 Å². The minimum absolute atomic E-state index is 0.00479. The predicted molar refractivity (Wildman–Crippen MR) is 92.1 cm³/mol. The van der Waals surface area contributed by atoms with Crippen molar-refractivity contribution >= 4 is 5.97 Å². The van der Waals surface area contributed by atoms with Crippen LogP contribution in [0.5, 0.6) is 0 Å². The number of hydrogen-bond acceptors (Lipinski definition) is 4. The number of hydrogen-bond donors (Lipinski definition) is 2. The Morgan fingerprint density at radius 2 is 2.17 bits per heavy atom. The Morgan fingerprint density at radius 1 is 1.42 bits per heavy atom. The Hall–Kier alpha value is -1.39. The van der Waals surface area contributed by atoms with Crippen LogP contribution >= 0.6 is 0 Å². The summed E-state index contributed by atoms with van der Waals surface area (Å²) in [6.45, 7) is 8.91. The number of cyclic esters (lactones) is 1. The molecule has 2 aliphatic carbocycles. The van der Waals surface area contributed by atoms with Crippen LogP contribution in [-0.2, 0) is 9.53 Å². The van der Waals surface area contributed by atoms with Crippen LogP contribution in [0.15, 0.2) is 36.0 Å². The maximum atomic E-state index is 11.2. The van der Waals surface area contributed by atoms with Gasteiger partial charge in [-0.1, -0.05) is 38.2 Å². The molecule has 1 aliphatic heterocycles. The number of carbonyl (C=O) groups excluding carboxylic acids is 1. The normalized spacial score (nSPS) is 42.8. The molecule has 3 rings (SSSR count). The Labute approximate surface area is 143 Å². The van der Waals surface area contributed by atoms with Gasteiger partial charge >= 0.3 is 5.97 Å². The summed E-state index contributed by atoms with van der Waals surface area (Å²) >= 11 is 0. The monoisotopic (exact) mass is 332 g/mol. The number of fused-ring (bicyclic) bond motifs is 1. The highest BCUT2D eigenvalue weighted by Gasteiger charge is 2.57. The maximum absolute atomic E-state index is 11.2. The number of esters is 1. The van der Waals surface area contributed by atoms with E-state index in [9.17, 15) is 15.0 Å². The van der Waals surface area contributed by atoms with Gasteiger partial charge in [0, 0.05) is 17.4 Å². The van der Waals surface area contributed by atoms with E-state index in [-0.39, 0.29) is 29.8 Å². The molecule has 5 unspecified atom stereocenters. The third-order valence-corrected chi connectivity index (χ3v) is 6.74. The molecule has 0 radical (unpaired) electrons. The van der Waals surface area contributed by atoms with Crippen LogP contribution in [-0.4, -0.2) is 35.5 Å². The number of rotatable bonds is 3. The first-order valence-corrected chi connectivity index (χ1v) is 8.83. The van der Waals surface area contributed by atoms with Crippen molar-refractivity contribution in [3.8, 4) is 0 Å². The van der Waals surface area contributed by atoms with Crippen LogP contribution in [0, 0.1) is 22.7 Å². The molecule has 24 heavy (non-hydrogen) atoms. The van der Waals surface area contributed by atoms with E-state index in [4.69, 9.17) is 4.74 Å². The summed E-state index contributed by atoms with van der Waals surface area (Å²) in [6.07, 6.45) is 8.69. The number of ether oxygens (including phenoxy) is 1. The third-order valence-electron chi connectivity index (χ3n) is 6.74. The quantitative estimate of drug-likeness (QED) is 0.616. The van der Waals surface area contributed by atoms with Crippen LogP contribution in [0.25, 0.3) is 0 Å². The van der Waals surface area contributed by atoms with Crippen LogP contribution in [0.4, 0.5) is 0 Å². The van der Waals surface area contributed by atoms with Crippen LogP contribution in [0.3, 0.4) is 0 Å². The molecular formula is C20H28O4. The van der Waals surface area contributed by atoms with Gasteiger partial charge in [0.2, 0.25) is 0 Å². The lowest BCUT2D eigenvalue weighted by atomic mass is 9.46. The van der Waals surface area contributed by atoms with Gasteiger partial charge in [-0.25, -0.2) is 4.79 Å². The van der Waals surface area contributed by atoms with Gasteiger partial charge in [0.25, 0.3) is 0 Å². The summed E-state index contributed by atoms with van der Waals surface area (Å²) in [5.41, 5.74) is 1.59. The lowest BCUT2D eigenvalue weighted by Gasteiger charge is -2.59. The van der Waals surface area contributed by atoms with Crippen molar-refractivity contribution < 1.29 is 19.7 Å². The number of allylic oxidation sites excluding steroid dienone is 2. The molecule has 4 nitrogen and oxygen atoms in total. The summed E-state index contributed by atoms with van der Waals surface area (Å²) < 4.78 is 4.96. The molecule has 2 N–H and O–H groups in total. The fraction of sp³-hybridized carbons (Fsp3) is 0.650. The van der Waals surface area contributed by atoms with Crippen molar-refractivity contribution in [2.75, 3.05) is 13.2 Å². The maximum Gasteiger partial charge on any atom is 0.331 e. The smallest absolute Gasteiger partial charge is 0.331 e. The van der Waals surface area contributed by atoms with Gasteiger partial charge in [-0.15, -0.1) is 0 Å². The van der Waals surface area contributed by atoms with Gasteiger partial charge in [0.1, 0.15) is 6.61 Å². The Kier molecular flexibility index (Phi) is 4.47. The molecule has 1 heterocycles. The van der Waals surface area contributed by atoms with Crippen molar-refractivity contribution in [1.82, 2.24) is 0 Å². The fourth-order valence-electron chi connectivity index (χ4n) is 5.20. The summed E-state index contributed by atoms with van der Waals surface area (Å²) in [7, 11) is 0. The highest BCUT2D eigenvalue weighted by Crippen LogP contribution is 2.61. The molecule has 3 aliphatic rings. The van der Waals surface area contributed by atoms with E-state index in [0.717, 1.165) is 24.8 Å². The van der Waals surface area contributed by atoms with Crippen LogP contribution < -0.4 is 0 Å². The first kappa shape index (κ1) is 17.4. The van der Waals surface area contributed by atoms with E-state index in [1.54, 1.807) is 0 Å². The molecule has 0 bridgehead atoms. The molecule has 0 spiro atoms. The van der Waals surface area contributed by atoms with Crippen molar-refractivity contribution in [3.05, 3.63) is 36.0 Å². The highest BCUT2D eigenvalue weighted by atomic mass is 16.5. The zero-order chi connectivity index (χ0) is 17.5. The standard InChI is InChI=1S/C20H28O4/c1-13-4-7-16-19(2,9-8-17(22)20(16,3)12-21)15(13)6-5-14-10-18(23)24-11-14/h5-6,10,15-17,21-22H,1,4,7-9,11-12H2,2-3H3/b6-5+. The number of aliphatic hydroxyl groups is 2. The molecule has 0 aromatic carbocycles. The molecule has 2 saturated carbocycles. The minimum Gasteiger partial charge on any atom is -0.458 e. The molecule has 0 amide bonds. The molecule has 132 valence electrons. The van der Waals surface area contributed by atoms with Gasteiger partial charge in [-0.05, 0) is 42.6 Å². The van der Waals surface area contributed by atoms with Crippen molar-refractivity contribution in [3.63, 3.8) is 0 Å². The van der Waals surface area contributed by atoms with Crippen LogP contribution in [0.1, 0.15) is 39.5 Å². The SMILES string of the molecule is C=C1CCC2C(C)(CO)C(O)CCC2(C)C1/C=C/C1=CC(=O)OC1. The van der Waals surface area contributed by atoms with E-state index in [1.165, 1.54) is 11.6 Å². The van der Waals surface area contributed by atoms with Crippen LogP contribution in [0.2, 0.25) is 0 Å². The average molecular weight is 332 g/mol. The van der Waals surface area contributed by atoms with E-state index < -0.39 is 11.5 Å². The molecule has 4 heteroatoms. The van der Waals surface area contributed by atoms with Crippen molar-refractivity contribution in [2.24, 2.45) is 22.7 Å². The topological polar surface area (TPSA) is 66.8 Å². The molecule has 0 aromatic rings. The summed E-state index contributed by atoms with van der Waals surface area (Å²) in [4.78, 5) is 11.2. The van der Waals surface area contributed by atoms with Crippen molar-refractivity contribution in [2.45, 2.75) is 45.6 Å². The molecule has 5 atom stereocenters. The largest absolute Gasteiger partial charge is 0.458 e. The first-order chi connectivity index (χ1) is 11.3. The second kappa shape index (κ2) is 6.16. The first-order valence-electron chi connectivity index (χ1n) is 8.83. The highest BCUT2D eigenvalue weighted by molar-refractivity contribution is 5.85. The van der Waals surface area contributed by atoms with E-state index in [0.29, 0.717) is 13.0 Å². The summed E-state index contributed by atoms with van der Waals surface area (Å²) in [5.74, 6) is 0.149. The molecule has 0 aromatic heterocycles. The second-order valence-corrected chi connectivity index (χ2v) is 8.14. The lowest BCUT2D eigenvalue weighted by molar-refractivity contribution is -0.145. The number of aliphatic hydroxyl groups excluding tert-OH is 2. The Balaban J connectivity index is 1.91. The number of carbonyl (C=O) groups is 1. The summed E-state index contributed by atoms with van der Waals surface area (Å²) in [6, 6.07) is 0. The predicted octanol–water partition coefficient (Wildman–Crippen LogP) is 2.77. The second-order valence-electron chi connectivity index (χ2n) is 8.14. The van der Waals surface area contributed by atoms with Gasteiger partial charge in [-0.2, -0.15) is 0 Å². The molecule has 2 fully saturated rings. The average Bonchev–Trinajstić information content (AvgIpc) is 2.96. The van der Waals surface area contributed by atoms with Crippen molar-refractivity contribution in [1.29, 1.82) is 0 Å². The lowest BCUT2D eigenvalue weighted by Crippen LogP contribution is -2.57. The zero-order valence-corrected chi connectivity index (χ0v) is 14.6.